The predicted molar refractivity (Wildman–Crippen MR) is 284 cm³/mol. The number of hydrogen-bond donors (Lipinski definition) is 3. The maximum absolute atomic E-state index is 15.4. The summed E-state index contributed by atoms with van der Waals surface area (Å²) in [4.78, 5) is 42.5. The molecule has 0 unspecified atom stereocenters. The number of ether oxygens (including phenoxy) is 3. The van der Waals surface area contributed by atoms with Gasteiger partial charge in [0.15, 0.2) is 53.8 Å². The third-order valence-corrected chi connectivity index (χ3v) is 40.0. The van der Waals surface area contributed by atoms with Gasteiger partial charge in [0.2, 0.25) is 5.91 Å². The molecule has 2 amide bonds. The molecule has 2 aliphatic rings. The van der Waals surface area contributed by atoms with Gasteiger partial charge in [0.05, 0.1) is 31.0 Å². The van der Waals surface area contributed by atoms with Crippen molar-refractivity contribution in [3.63, 3.8) is 0 Å². The van der Waals surface area contributed by atoms with E-state index in [4.69, 9.17) is 42.1 Å². The first-order valence-corrected chi connectivity index (χ1v) is 39.6. The van der Waals surface area contributed by atoms with Crippen molar-refractivity contribution in [1.82, 2.24) is 10.6 Å². The topological polar surface area (TPSA) is 175 Å². The molecule has 0 bridgehead atoms. The second-order valence-corrected chi connectivity index (χ2v) is 42.9. The van der Waals surface area contributed by atoms with Crippen LogP contribution in [0.25, 0.3) is 0 Å². The molecule has 14 nitrogen and oxygen atoms in total. The molecular weight excluding hydrogens is 935 g/mol. The minimum Gasteiger partial charge on any atom is -0.464 e. The molecule has 0 aromatic rings. The standard InChI is InChI=1S/C48H101N3O11Si5/c1-18-55-48(54)43-39(51-36(17)52)42(60-65(25-8,26-9)27-10)41(59-64(22-5,23-6)24-7)38(57-43)35-50-47(53)46-45(62-67(31-14,32-15)33-16)44(61-66(28-11,29-12)30-13)40(37(34-49)56-46)58-63(19-2,20-3)21-4/h37-46H,18-35,49H2,1-17H3,(H,50,53)(H,51,52)/t37-,38-,39-,40-,41-,42-,43-,44+,45-,46-/m1/s1. The van der Waals surface area contributed by atoms with Gasteiger partial charge in [0.1, 0.15) is 24.4 Å². The minimum absolute atomic E-state index is 0.0229. The van der Waals surface area contributed by atoms with E-state index in [0.29, 0.717) is 0 Å². The van der Waals surface area contributed by atoms with Gasteiger partial charge >= 0.3 is 5.97 Å². The van der Waals surface area contributed by atoms with Crippen LogP contribution in [0.2, 0.25) is 90.7 Å². The molecule has 10 atom stereocenters. The van der Waals surface area contributed by atoms with Gasteiger partial charge in [-0.05, 0) is 97.6 Å². The maximum Gasteiger partial charge on any atom is 0.337 e. The molecule has 2 aliphatic heterocycles. The Labute approximate surface area is 413 Å². The van der Waals surface area contributed by atoms with Gasteiger partial charge < -0.3 is 52.7 Å². The van der Waals surface area contributed by atoms with Crippen molar-refractivity contribution in [2.45, 2.75) is 269 Å². The van der Waals surface area contributed by atoms with E-state index in [1.54, 1.807) is 6.92 Å². The first-order valence-electron chi connectivity index (χ1n) is 27.0. The smallest absolute Gasteiger partial charge is 0.337 e. The Balaban J connectivity index is 2.97. The number of nitrogens with two attached hydrogens (primary N) is 1. The molecule has 0 aromatic heterocycles. The molecule has 0 radical (unpaired) electrons. The SMILES string of the molecule is CCOC(=O)[C@@H]1O[C@H](CNC(=O)[C@@H]2O[C@H](CN)[C@@H](O[Si](CC)(CC)CC)[C@H](O[Si](CC)(CC)CC)[C@H]2O[Si](CC)(CC)CC)[C@@H](O[Si](CC)(CC)CC)[C@H](O[Si](CC)(CC)CC)[C@H]1NC(C)=O. The van der Waals surface area contributed by atoms with Crippen LogP contribution in [0, 0.1) is 0 Å². The van der Waals surface area contributed by atoms with E-state index in [2.05, 4.69) is 114 Å². The Morgan fingerprint density at radius 3 is 1.13 bits per heavy atom. The third-order valence-electron chi connectivity index (χ3n) is 16.8. The number of carbonyl (C=O) groups is 3. The Kier molecular flexibility index (Phi) is 27.0. The zero-order chi connectivity index (χ0) is 50.8. The fourth-order valence-corrected chi connectivity index (χ4v) is 24.9. The molecule has 19 heteroatoms. The molecular formula is C48H101N3O11Si5. The third kappa shape index (κ3) is 15.1. The largest absolute Gasteiger partial charge is 0.464 e. The summed E-state index contributed by atoms with van der Waals surface area (Å²) >= 11 is 0. The van der Waals surface area contributed by atoms with Gasteiger partial charge in [-0.2, -0.15) is 0 Å². The summed E-state index contributed by atoms with van der Waals surface area (Å²) in [6.07, 6.45) is -7.09. The number of nitrogens with one attached hydrogen (secondary N) is 2. The summed E-state index contributed by atoms with van der Waals surface area (Å²) in [5, 5.41) is 6.35. The molecule has 0 spiro atoms. The molecule has 2 fully saturated rings. The lowest BCUT2D eigenvalue weighted by atomic mass is 9.92. The van der Waals surface area contributed by atoms with Crippen LogP contribution in [-0.2, 0) is 50.7 Å². The Hall–Kier alpha value is -0.826. The highest BCUT2D eigenvalue weighted by Gasteiger charge is 2.58. The second-order valence-electron chi connectivity index (χ2n) is 19.3. The minimum atomic E-state index is -2.43. The van der Waals surface area contributed by atoms with Crippen LogP contribution >= 0.6 is 0 Å². The van der Waals surface area contributed by atoms with Gasteiger partial charge in [-0.3, -0.25) is 9.59 Å². The summed E-state index contributed by atoms with van der Waals surface area (Å²) < 4.78 is 56.9. The molecule has 4 N–H and O–H groups in total. The molecule has 2 saturated heterocycles. The second kappa shape index (κ2) is 29.0. The van der Waals surface area contributed by atoms with Crippen LogP contribution in [0.15, 0.2) is 0 Å². The average Bonchev–Trinajstić information content (AvgIpc) is 3.35. The number of carbonyl (C=O) groups excluding carboxylic acids is 3. The summed E-state index contributed by atoms with van der Waals surface area (Å²) in [6.45, 7) is 36.3. The average molecular weight is 1040 g/mol. The normalized spacial score (nSPS) is 26.6. The zero-order valence-corrected chi connectivity index (χ0v) is 50.6. The molecule has 67 heavy (non-hydrogen) atoms. The highest BCUT2D eigenvalue weighted by atomic mass is 28.4. The van der Waals surface area contributed by atoms with Crippen LogP contribution in [0.4, 0.5) is 0 Å². The van der Waals surface area contributed by atoms with E-state index >= 15 is 4.79 Å². The predicted octanol–water partition coefficient (Wildman–Crippen LogP) is 9.62. The van der Waals surface area contributed by atoms with Crippen molar-refractivity contribution in [3.05, 3.63) is 0 Å². The van der Waals surface area contributed by atoms with Crippen LogP contribution < -0.4 is 16.4 Å². The number of amides is 2. The summed E-state index contributed by atoms with van der Waals surface area (Å²) in [5.41, 5.74) is 6.68. The summed E-state index contributed by atoms with van der Waals surface area (Å²) in [5.74, 6) is -1.29. The van der Waals surface area contributed by atoms with E-state index < -0.39 is 109 Å². The van der Waals surface area contributed by atoms with E-state index in [1.165, 1.54) is 6.92 Å². The van der Waals surface area contributed by atoms with Gasteiger partial charge in [0, 0.05) is 20.0 Å². The van der Waals surface area contributed by atoms with Gasteiger partial charge in [-0.15, -0.1) is 0 Å². The molecule has 394 valence electrons. The molecule has 0 saturated carbocycles. The van der Waals surface area contributed by atoms with Gasteiger partial charge in [-0.1, -0.05) is 104 Å². The van der Waals surface area contributed by atoms with Crippen LogP contribution in [0.3, 0.4) is 0 Å². The molecule has 0 aromatic carbocycles. The summed E-state index contributed by atoms with van der Waals surface area (Å²) in [6, 6.07) is 12.3. The van der Waals surface area contributed by atoms with Crippen molar-refractivity contribution in [2.75, 3.05) is 19.7 Å². The van der Waals surface area contributed by atoms with E-state index in [9.17, 15) is 9.59 Å². The van der Waals surface area contributed by atoms with Crippen LogP contribution in [0.1, 0.15) is 118 Å². The number of rotatable bonds is 32. The monoisotopic (exact) mass is 1040 g/mol. The van der Waals surface area contributed by atoms with E-state index in [-0.39, 0.29) is 31.5 Å². The summed E-state index contributed by atoms with van der Waals surface area (Å²) in [7, 11) is -11.9. The van der Waals surface area contributed by atoms with Crippen LogP contribution in [-0.4, -0.2) is 140 Å². The fourth-order valence-electron chi connectivity index (χ4n) is 10.7. The lowest BCUT2D eigenvalue weighted by Gasteiger charge is -2.53. The first kappa shape index (κ1) is 62.3. The fraction of sp³-hybridized carbons (Fsp3) is 0.938. The van der Waals surface area contributed by atoms with E-state index in [1.807, 2.05) is 0 Å². The highest BCUT2D eigenvalue weighted by Crippen LogP contribution is 2.40. The Morgan fingerprint density at radius 1 is 0.463 bits per heavy atom. The number of hydrogen-bond acceptors (Lipinski definition) is 12. The lowest BCUT2D eigenvalue weighted by Crippen LogP contribution is -2.71. The van der Waals surface area contributed by atoms with E-state index in [0.717, 1.165) is 90.7 Å². The van der Waals surface area contributed by atoms with Crippen molar-refractivity contribution < 1.29 is 50.7 Å². The number of esters is 1. The molecule has 2 rings (SSSR count). The van der Waals surface area contributed by atoms with Gasteiger partial charge in [-0.25, -0.2) is 4.79 Å². The maximum atomic E-state index is 15.4. The van der Waals surface area contributed by atoms with Crippen LogP contribution in [0.5, 0.6) is 0 Å². The Bertz CT molecular complexity index is 1430. The van der Waals surface area contributed by atoms with Crippen molar-refractivity contribution in [2.24, 2.45) is 5.73 Å². The van der Waals surface area contributed by atoms with Crippen molar-refractivity contribution in [1.29, 1.82) is 0 Å². The van der Waals surface area contributed by atoms with Crippen molar-refractivity contribution in [3.8, 4) is 0 Å². The van der Waals surface area contributed by atoms with Crippen molar-refractivity contribution >= 4 is 59.4 Å². The zero-order valence-electron chi connectivity index (χ0n) is 45.6. The quantitative estimate of drug-likeness (QED) is 0.0431. The lowest BCUT2D eigenvalue weighted by molar-refractivity contribution is -0.209. The Morgan fingerprint density at radius 2 is 0.791 bits per heavy atom. The highest BCUT2D eigenvalue weighted by molar-refractivity contribution is 6.75. The molecule has 0 aliphatic carbocycles. The first-order chi connectivity index (χ1) is 31.9. The molecule has 2 heterocycles. The van der Waals surface area contributed by atoms with Gasteiger partial charge in [0.25, 0.3) is 5.91 Å².